The number of carbonyl (C=O) groups excluding carboxylic acids is 4. The van der Waals surface area contributed by atoms with Crippen LogP contribution in [0.15, 0.2) is 73.8 Å². The summed E-state index contributed by atoms with van der Waals surface area (Å²) >= 11 is 0. The van der Waals surface area contributed by atoms with Crippen molar-refractivity contribution in [3.63, 3.8) is 0 Å². The molecule has 0 spiro atoms. The van der Waals surface area contributed by atoms with E-state index in [0.717, 1.165) is 16.8 Å². The Hall–Kier alpha value is -4.80. The Bertz CT molecular complexity index is 1910. The lowest BCUT2D eigenvalue weighted by atomic mass is 9.60. The predicted octanol–water partition coefficient (Wildman–Crippen LogP) is 7.90. The number of hydrogen-bond acceptors (Lipinski definition) is 8. The van der Waals surface area contributed by atoms with E-state index in [9.17, 15) is 14.4 Å². The number of likely N-dealkylation sites (tertiary alicyclic amines) is 2. The topological polar surface area (TPSA) is 118 Å². The zero-order valence-corrected chi connectivity index (χ0v) is 33.6. The van der Waals surface area contributed by atoms with Gasteiger partial charge in [-0.3, -0.25) is 14.6 Å². The van der Waals surface area contributed by atoms with Crippen LogP contribution < -0.4 is 10.2 Å². The maximum atomic E-state index is 15.9. The number of rotatable bonds is 6. The van der Waals surface area contributed by atoms with Gasteiger partial charge in [-0.2, -0.15) is 0 Å². The molecule has 1 N–H and O–H groups in total. The number of carbonyl (C=O) groups is 4. The fraction of sp³-hybridized carbons (Fsp3) is 0.535. The molecular weight excluding hydrogens is 684 g/mol. The molecule has 6 rings (SSSR count). The van der Waals surface area contributed by atoms with Gasteiger partial charge in [-0.05, 0) is 88.5 Å². The van der Waals surface area contributed by atoms with E-state index in [2.05, 4.69) is 32.3 Å². The highest BCUT2D eigenvalue weighted by Gasteiger charge is 2.72. The smallest absolute Gasteiger partial charge is 0.416 e. The molecule has 290 valence electrons. The molecule has 0 unspecified atom stereocenters. The molecule has 2 fully saturated rings. The number of para-hydroxylation sites is 2. The number of benzene rings is 2. The number of methoxy groups -OCH3 is 1. The van der Waals surface area contributed by atoms with Gasteiger partial charge in [0.1, 0.15) is 35.6 Å². The molecule has 2 aromatic carbocycles. The van der Waals surface area contributed by atoms with Crippen molar-refractivity contribution in [1.29, 1.82) is 0 Å². The summed E-state index contributed by atoms with van der Waals surface area (Å²) < 4.78 is 17.5. The lowest BCUT2D eigenvalue weighted by Crippen LogP contribution is -2.62. The molecule has 4 heterocycles. The summed E-state index contributed by atoms with van der Waals surface area (Å²) in [5.41, 5.74) is -1.95. The monoisotopic (exact) mass is 740 g/mol. The van der Waals surface area contributed by atoms with E-state index in [1.165, 1.54) is 16.9 Å². The highest BCUT2D eigenvalue weighted by molar-refractivity contribution is 5.98. The average Bonchev–Trinajstić information content (AvgIpc) is 3.80. The lowest BCUT2D eigenvalue weighted by molar-refractivity contribution is -0.153. The van der Waals surface area contributed by atoms with Crippen molar-refractivity contribution in [2.24, 2.45) is 10.8 Å². The van der Waals surface area contributed by atoms with E-state index in [0.29, 0.717) is 5.69 Å². The first-order valence-corrected chi connectivity index (χ1v) is 18.7. The molecule has 0 radical (unpaired) electrons. The number of fused-ring (bicyclic) bond motifs is 6. The zero-order chi connectivity index (χ0) is 40.0. The van der Waals surface area contributed by atoms with Gasteiger partial charge >= 0.3 is 18.2 Å². The number of nitrogens with one attached hydrogen (secondary N) is 1. The van der Waals surface area contributed by atoms with E-state index >= 15 is 4.79 Å². The molecule has 2 saturated heterocycles. The van der Waals surface area contributed by atoms with E-state index < -0.39 is 81.3 Å². The maximum Gasteiger partial charge on any atom is 0.416 e. The molecular formula is C43H56N4O7. The predicted molar refractivity (Wildman–Crippen MR) is 208 cm³/mol. The summed E-state index contributed by atoms with van der Waals surface area (Å²) in [7, 11) is 1.32. The summed E-state index contributed by atoms with van der Waals surface area (Å²) in [5, 5.41) is 3.61. The number of hydrogen-bond donors (Lipinski definition) is 1. The Kier molecular flexibility index (Phi) is 9.10. The summed E-state index contributed by atoms with van der Waals surface area (Å²) in [6.07, 6.45) is 0.804. The minimum atomic E-state index is -1.19. The Labute approximate surface area is 319 Å². The lowest BCUT2D eigenvalue weighted by Gasteiger charge is -2.45. The van der Waals surface area contributed by atoms with Crippen molar-refractivity contribution >= 4 is 35.4 Å². The van der Waals surface area contributed by atoms with E-state index in [1.54, 1.807) is 46.4 Å². The fourth-order valence-electron chi connectivity index (χ4n) is 9.54. The molecule has 3 amide bonds. The van der Waals surface area contributed by atoms with Gasteiger partial charge in [0, 0.05) is 16.5 Å². The first kappa shape index (κ1) is 38.9. The largest absolute Gasteiger partial charge is 0.467 e. The van der Waals surface area contributed by atoms with Crippen LogP contribution in [0.5, 0.6) is 0 Å². The highest BCUT2D eigenvalue weighted by Crippen LogP contribution is 2.64. The van der Waals surface area contributed by atoms with Crippen molar-refractivity contribution in [2.75, 3.05) is 17.3 Å². The molecule has 0 aliphatic carbocycles. The Balaban J connectivity index is 1.60. The number of anilines is 2. The second-order valence-electron chi connectivity index (χ2n) is 18.2. The Morgan fingerprint density at radius 1 is 0.722 bits per heavy atom. The van der Waals surface area contributed by atoms with Crippen molar-refractivity contribution in [2.45, 2.75) is 129 Å². The van der Waals surface area contributed by atoms with Gasteiger partial charge in [0.25, 0.3) is 0 Å². The number of ether oxygens (including phenoxy) is 3. The molecule has 4 aliphatic heterocycles. The Morgan fingerprint density at radius 3 is 1.81 bits per heavy atom. The standard InChI is InChI=1S/C43H56N4O7/c1-14-40(9,10)42-25-31(33(49)52-13)45(34(42)44-28-22-18-16-20-26(28)42)32(48)30-24-43(41(11,12)15-2)27-21-17-19-23-29(27)46(36(50)53-38(3,4)5)35(43)47(30)37(51)54-39(6,7)8/h14-23,30-31,34-35,44H,1-2,24-25H2,3-13H3/t30-,31-,34-,35-,42+,43+/m0/s1. The molecule has 4 aliphatic rings. The van der Waals surface area contributed by atoms with E-state index in [4.69, 9.17) is 14.2 Å². The van der Waals surface area contributed by atoms with Crippen LogP contribution in [0.3, 0.4) is 0 Å². The van der Waals surface area contributed by atoms with Crippen LogP contribution in [-0.4, -0.2) is 76.6 Å². The van der Waals surface area contributed by atoms with Gasteiger partial charge < -0.3 is 24.4 Å². The van der Waals surface area contributed by atoms with Crippen LogP contribution in [0.1, 0.15) is 93.2 Å². The minimum absolute atomic E-state index is 0.0903. The minimum Gasteiger partial charge on any atom is -0.467 e. The third-order valence-corrected chi connectivity index (χ3v) is 12.3. The maximum absolute atomic E-state index is 15.9. The van der Waals surface area contributed by atoms with Crippen LogP contribution in [0.2, 0.25) is 0 Å². The first-order chi connectivity index (χ1) is 25.0. The summed E-state index contributed by atoms with van der Waals surface area (Å²) in [4.78, 5) is 63.6. The number of nitrogens with zero attached hydrogens (tertiary/aromatic N) is 3. The molecule has 0 aromatic heterocycles. The van der Waals surface area contributed by atoms with Crippen LogP contribution >= 0.6 is 0 Å². The second kappa shape index (κ2) is 12.6. The van der Waals surface area contributed by atoms with Crippen LogP contribution in [-0.2, 0) is 34.6 Å². The normalized spacial score (nSPS) is 27.3. The summed E-state index contributed by atoms with van der Waals surface area (Å²) in [6.45, 7) is 27.2. The van der Waals surface area contributed by atoms with Crippen molar-refractivity contribution < 1.29 is 33.4 Å². The molecule has 11 heteroatoms. The molecule has 54 heavy (non-hydrogen) atoms. The summed E-state index contributed by atoms with van der Waals surface area (Å²) in [5.74, 6) is -1.04. The SMILES string of the molecule is C=CC(C)(C)[C@@]12C[C@@H](C(=O)OC)N(C(=O)[C@@H]3C[C@@]4(C(C)(C)C=C)c5ccccc5N(C(=O)OC(C)(C)C)[C@H]4N3C(=O)OC(C)(C)C)[C@@H]1Nc1ccccc12. The second-order valence-corrected chi connectivity index (χ2v) is 18.2. The number of allylic oxidation sites excluding steroid dienone is 2. The number of esters is 1. The zero-order valence-electron chi connectivity index (χ0n) is 33.6. The van der Waals surface area contributed by atoms with E-state index in [-0.39, 0.29) is 12.8 Å². The van der Waals surface area contributed by atoms with Gasteiger partial charge in [-0.15, -0.1) is 13.2 Å². The fourth-order valence-corrected chi connectivity index (χ4v) is 9.54. The van der Waals surface area contributed by atoms with Gasteiger partial charge in [0.15, 0.2) is 0 Å². The summed E-state index contributed by atoms with van der Waals surface area (Å²) in [6, 6.07) is 13.2. The first-order valence-electron chi connectivity index (χ1n) is 18.7. The molecule has 0 bridgehead atoms. The van der Waals surface area contributed by atoms with Crippen LogP contribution in [0.25, 0.3) is 0 Å². The molecule has 2 aromatic rings. The van der Waals surface area contributed by atoms with Crippen LogP contribution in [0, 0.1) is 10.8 Å². The molecule has 11 nitrogen and oxygen atoms in total. The van der Waals surface area contributed by atoms with Crippen LogP contribution in [0.4, 0.5) is 21.0 Å². The van der Waals surface area contributed by atoms with Crippen molar-refractivity contribution in [3.05, 3.63) is 85.0 Å². The van der Waals surface area contributed by atoms with Gasteiger partial charge in [-0.1, -0.05) is 76.2 Å². The third kappa shape index (κ3) is 5.51. The third-order valence-electron chi connectivity index (χ3n) is 12.3. The van der Waals surface area contributed by atoms with Crippen molar-refractivity contribution in [1.82, 2.24) is 9.80 Å². The van der Waals surface area contributed by atoms with Gasteiger partial charge in [0.05, 0.1) is 12.8 Å². The van der Waals surface area contributed by atoms with Gasteiger partial charge in [-0.25, -0.2) is 14.4 Å². The highest BCUT2D eigenvalue weighted by atomic mass is 16.6. The van der Waals surface area contributed by atoms with Crippen molar-refractivity contribution in [3.8, 4) is 0 Å². The average molecular weight is 741 g/mol. The molecule has 0 saturated carbocycles. The molecule has 6 atom stereocenters. The van der Waals surface area contributed by atoms with E-state index in [1.807, 2.05) is 74.5 Å². The Morgan fingerprint density at radius 2 is 1.24 bits per heavy atom. The number of amides is 3. The quantitative estimate of drug-likeness (QED) is 0.181. The van der Waals surface area contributed by atoms with Gasteiger partial charge in [0.2, 0.25) is 5.91 Å².